The zero-order chi connectivity index (χ0) is 24.0. The molecule has 5 rings (SSSR count). The van der Waals surface area contributed by atoms with E-state index >= 15 is 0 Å². The van der Waals surface area contributed by atoms with Gasteiger partial charge in [-0.15, -0.1) is 0 Å². The average Bonchev–Trinajstić information content (AvgIpc) is 3.56. The topological polar surface area (TPSA) is 69.3 Å². The minimum atomic E-state index is -0.293. The highest BCUT2D eigenvalue weighted by Gasteiger charge is 2.16. The molecule has 0 aliphatic carbocycles. The Balaban J connectivity index is 1.29. The van der Waals surface area contributed by atoms with Crippen molar-refractivity contribution in [1.82, 2.24) is 15.1 Å². The maximum absolute atomic E-state index is 12.8. The zero-order valence-electron chi connectivity index (χ0n) is 19.3. The molecule has 35 heavy (non-hydrogen) atoms. The smallest absolute Gasteiger partial charge is 0.287 e. The van der Waals surface area contributed by atoms with Gasteiger partial charge >= 0.3 is 0 Å². The molecule has 0 atom stereocenters. The van der Waals surface area contributed by atoms with E-state index in [0.29, 0.717) is 12.3 Å². The fraction of sp³-hybridized carbons (Fsp3) is 0.103. The highest BCUT2D eigenvalue weighted by molar-refractivity contribution is 5.91. The quantitative estimate of drug-likeness (QED) is 0.309. The van der Waals surface area contributed by atoms with E-state index in [0.717, 1.165) is 33.8 Å². The van der Waals surface area contributed by atoms with Crippen LogP contribution >= 0.6 is 0 Å². The van der Waals surface area contributed by atoms with Crippen LogP contribution in [0.1, 0.15) is 27.4 Å². The van der Waals surface area contributed by atoms with Crippen LogP contribution in [0.2, 0.25) is 0 Å². The number of aryl methyl sites for hydroxylation is 1. The molecule has 6 heteroatoms. The molecule has 2 heterocycles. The minimum absolute atomic E-state index is 0.241. The maximum atomic E-state index is 12.8. The van der Waals surface area contributed by atoms with Crippen LogP contribution in [0.5, 0.6) is 5.75 Å². The Morgan fingerprint density at radius 2 is 1.63 bits per heavy atom. The van der Waals surface area contributed by atoms with Crippen molar-refractivity contribution >= 4 is 5.91 Å². The van der Waals surface area contributed by atoms with Crippen molar-refractivity contribution in [3.63, 3.8) is 0 Å². The summed E-state index contributed by atoms with van der Waals surface area (Å²) in [5, 5.41) is 7.75. The fourth-order valence-electron chi connectivity index (χ4n) is 3.80. The Kier molecular flexibility index (Phi) is 6.44. The van der Waals surface area contributed by atoms with Gasteiger partial charge in [0.2, 0.25) is 0 Å². The van der Waals surface area contributed by atoms with Crippen LogP contribution in [0.3, 0.4) is 0 Å². The van der Waals surface area contributed by atoms with Gasteiger partial charge in [-0.05, 0) is 42.8 Å². The van der Waals surface area contributed by atoms with Crippen molar-refractivity contribution in [3.8, 4) is 22.7 Å². The number of carbonyl (C=O) groups excluding carboxylic acids is 1. The standard InChI is InChI=1S/C29H25N3O3/c1-21-10-8-9-15-26(21)34-20-25-16-17-27(35-25)29(33)30-18-23-19-32(24-13-6-3-7-14-24)31-28(23)22-11-4-2-5-12-22/h2-17,19H,18,20H2,1H3,(H,30,33). The molecular formula is C29H25N3O3. The number of para-hydroxylation sites is 2. The SMILES string of the molecule is Cc1ccccc1OCc1ccc(C(=O)NCc2cn(-c3ccccc3)nc2-c2ccccc2)o1. The van der Waals surface area contributed by atoms with Gasteiger partial charge in [-0.1, -0.05) is 66.7 Å². The Hall–Kier alpha value is -4.58. The average molecular weight is 464 g/mol. The lowest BCUT2D eigenvalue weighted by atomic mass is 10.1. The van der Waals surface area contributed by atoms with Crippen LogP contribution in [-0.2, 0) is 13.2 Å². The summed E-state index contributed by atoms with van der Waals surface area (Å²) in [7, 11) is 0. The van der Waals surface area contributed by atoms with E-state index in [1.54, 1.807) is 12.1 Å². The molecule has 6 nitrogen and oxygen atoms in total. The van der Waals surface area contributed by atoms with Gasteiger partial charge in [0, 0.05) is 23.9 Å². The van der Waals surface area contributed by atoms with Gasteiger partial charge in [-0.2, -0.15) is 5.10 Å². The maximum Gasteiger partial charge on any atom is 0.287 e. The molecule has 174 valence electrons. The van der Waals surface area contributed by atoms with E-state index in [-0.39, 0.29) is 18.3 Å². The number of carbonyl (C=O) groups is 1. The van der Waals surface area contributed by atoms with E-state index in [9.17, 15) is 4.79 Å². The van der Waals surface area contributed by atoms with Crippen molar-refractivity contribution in [1.29, 1.82) is 0 Å². The summed E-state index contributed by atoms with van der Waals surface area (Å²) in [6, 6.07) is 31.0. The van der Waals surface area contributed by atoms with Gasteiger partial charge in [-0.3, -0.25) is 4.79 Å². The van der Waals surface area contributed by atoms with Crippen LogP contribution < -0.4 is 10.1 Å². The summed E-state index contributed by atoms with van der Waals surface area (Å²) >= 11 is 0. The molecular weight excluding hydrogens is 438 g/mol. The monoisotopic (exact) mass is 463 g/mol. The summed E-state index contributed by atoms with van der Waals surface area (Å²) in [6.45, 7) is 2.55. The van der Waals surface area contributed by atoms with E-state index < -0.39 is 0 Å². The van der Waals surface area contributed by atoms with Crippen LogP contribution in [0.4, 0.5) is 0 Å². The molecule has 3 aromatic carbocycles. The molecule has 0 aliphatic heterocycles. The lowest BCUT2D eigenvalue weighted by molar-refractivity contribution is 0.0919. The van der Waals surface area contributed by atoms with E-state index in [2.05, 4.69) is 5.32 Å². The van der Waals surface area contributed by atoms with Crippen LogP contribution in [0.15, 0.2) is 108 Å². The molecule has 0 aliphatic rings. The molecule has 1 amide bonds. The molecule has 0 radical (unpaired) electrons. The first-order chi connectivity index (χ1) is 17.2. The van der Waals surface area contributed by atoms with Crippen molar-refractivity contribution in [3.05, 3.63) is 126 Å². The molecule has 0 fully saturated rings. The predicted molar refractivity (Wildman–Crippen MR) is 134 cm³/mol. The Morgan fingerprint density at radius 1 is 0.914 bits per heavy atom. The highest BCUT2D eigenvalue weighted by Crippen LogP contribution is 2.24. The highest BCUT2D eigenvalue weighted by atomic mass is 16.5. The Morgan fingerprint density at radius 3 is 2.40 bits per heavy atom. The third-order valence-electron chi connectivity index (χ3n) is 5.65. The van der Waals surface area contributed by atoms with Gasteiger partial charge in [-0.25, -0.2) is 4.68 Å². The third kappa shape index (κ3) is 5.17. The number of hydrogen-bond acceptors (Lipinski definition) is 4. The minimum Gasteiger partial charge on any atom is -0.485 e. The number of benzene rings is 3. The molecule has 0 saturated carbocycles. The first kappa shape index (κ1) is 22.2. The number of amides is 1. The molecule has 0 spiro atoms. The molecule has 1 N–H and O–H groups in total. The van der Waals surface area contributed by atoms with Gasteiger partial charge in [0.05, 0.1) is 11.4 Å². The Labute approximate surface area is 203 Å². The fourth-order valence-corrected chi connectivity index (χ4v) is 3.80. The summed E-state index contributed by atoms with van der Waals surface area (Å²) in [5.74, 6) is 1.32. The second kappa shape index (κ2) is 10.1. The van der Waals surface area contributed by atoms with Crippen LogP contribution in [0, 0.1) is 6.92 Å². The number of aromatic nitrogens is 2. The number of hydrogen-bond donors (Lipinski definition) is 1. The van der Waals surface area contributed by atoms with Gasteiger partial charge < -0.3 is 14.5 Å². The third-order valence-corrected chi connectivity index (χ3v) is 5.65. The van der Waals surface area contributed by atoms with Crippen LogP contribution in [-0.4, -0.2) is 15.7 Å². The Bertz CT molecular complexity index is 1420. The van der Waals surface area contributed by atoms with Crippen LogP contribution in [0.25, 0.3) is 16.9 Å². The van der Waals surface area contributed by atoms with Gasteiger partial charge in [0.25, 0.3) is 5.91 Å². The number of nitrogens with one attached hydrogen (secondary N) is 1. The summed E-state index contributed by atoms with van der Waals surface area (Å²) < 4.78 is 13.4. The number of nitrogens with zero attached hydrogens (tertiary/aromatic N) is 2. The second-order valence-corrected chi connectivity index (χ2v) is 8.15. The zero-order valence-corrected chi connectivity index (χ0v) is 19.3. The van der Waals surface area contributed by atoms with Crippen molar-refractivity contribution in [2.75, 3.05) is 0 Å². The van der Waals surface area contributed by atoms with E-state index in [4.69, 9.17) is 14.3 Å². The molecule has 5 aromatic rings. The van der Waals surface area contributed by atoms with Crippen molar-refractivity contribution < 1.29 is 13.9 Å². The van der Waals surface area contributed by atoms with Crippen molar-refractivity contribution in [2.45, 2.75) is 20.1 Å². The summed E-state index contributed by atoms with van der Waals surface area (Å²) in [5.41, 5.74) is 4.71. The normalized spacial score (nSPS) is 10.8. The molecule has 0 saturated heterocycles. The number of furan rings is 1. The van der Waals surface area contributed by atoms with Crippen molar-refractivity contribution in [2.24, 2.45) is 0 Å². The largest absolute Gasteiger partial charge is 0.485 e. The lowest BCUT2D eigenvalue weighted by Crippen LogP contribution is -2.22. The molecule has 0 bridgehead atoms. The molecule has 0 unspecified atom stereocenters. The lowest BCUT2D eigenvalue weighted by Gasteiger charge is -2.07. The van der Waals surface area contributed by atoms with E-state index in [1.807, 2.05) is 103 Å². The first-order valence-electron chi connectivity index (χ1n) is 11.4. The summed E-state index contributed by atoms with van der Waals surface area (Å²) in [4.78, 5) is 12.8. The van der Waals surface area contributed by atoms with Gasteiger partial charge in [0.1, 0.15) is 18.1 Å². The number of ether oxygens (including phenoxy) is 1. The molecule has 2 aromatic heterocycles. The summed E-state index contributed by atoms with van der Waals surface area (Å²) in [6.07, 6.45) is 1.95. The predicted octanol–water partition coefficient (Wildman–Crippen LogP) is 5.95. The van der Waals surface area contributed by atoms with E-state index in [1.165, 1.54) is 0 Å². The second-order valence-electron chi connectivity index (χ2n) is 8.15. The van der Waals surface area contributed by atoms with Gasteiger partial charge in [0.15, 0.2) is 5.76 Å². The number of rotatable bonds is 8. The first-order valence-corrected chi connectivity index (χ1v) is 11.4.